The van der Waals surface area contributed by atoms with E-state index >= 15 is 0 Å². The molecular formula is C20H25ClN6O2. The topological polar surface area (TPSA) is 73.8 Å². The number of ether oxygens (including phenoxy) is 1. The minimum atomic E-state index is -0.132. The van der Waals surface area contributed by atoms with Gasteiger partial charge in [-0.2, -0.15) is 4.98 Å². The van der Waals surface area contributed by atoms with E-state index in [0.29, 0.717) is 50.1 Å². The molecule has 0 aliphatic carbocycles. The summed E-state index contributed by atoms with van der Waals surface area (Å²) in [7, 11) is 0. The van der Waals surface area contributed by atoms with Crippen LogP contribution in [0.4, 0.5) is 22.2 Å². The van der Waals surface area contributed by atoms with Gasteiger partial charge in [0.2, 0.25) is 5.95 Å². The molecular weight excluding hydrogens is 392 g/mol. The monoisotopic (exact) mass is 416 g/mol. The molecule has 2 saturated heterocycles. The third-order valence-corrected chi connectivity index (χ3v) is 5.49. The highest BCUT2D eigenvalue weighted by molar-refractivity contribution is 6.33. The van der Waals surface area contributed by atoms with E-state index in [9.17, 15) is 4.79 Å². The molecule has 2 aliphatic heterocycles. The number of aromatic nitrogens is 2. The van der Waals surface area contributed by atoms with Gasteiger partial charge >= 0.3 is 6.03 Å². The number of hydrogen-bond donors (Lipinski definition) is 1. The van der Waals surface area contributed by atoms with Crippen LogP contribution in [0.1, 0.15) is 5.56 Å². The maximum absolute atomic E-state index is 12.6. The Morgan fingerprint density at radius 2 is 1.83 bits per heavy atom. The van der Waals surface area contributed by atoms with E-state index in [0.717, 1.165) is 30.4 Å². The molecule has 0 unspecified atom stereocenters. The SMILES string of the molecule is Cc1ccc(NC(=O)N2CCN(c3ccnc(N4CCOCC4)n3)CC2)c(Cl)c1. The molecule has 1 aromatic heterocycles. The van der Waals surface area contributed by atoms with Crippen LogP contribution in [0, 0.1) is 6.92 Å². The molecule has 0 spiro atoms. The van der Waals surface area contributed by atoms with Crippen molar-refractivity contribution < 1.29 is 9.53 Å². The van der Waals surface area contributed by atoms with Crippen molar-refractivity contribution in [3.63, 3.8) is 0 Å². The fourth-order valence-electron chi connectivity index (χ4n) is 3.49. The summed E-state index contributed by atoms with van der Waals surface area (Å²) >= 11 is 6.23. The maximum atomic E-state index is 12.6. The van der Waals surface area contributed by atoms with E-state index in [1.54, 1.807) is 11.1 Å². The highest BCUT2D eigenvalue weighted by Gasteiger charge is 2.23. The lowest BCUT2D eigenvalue weighted by molar-refractivity contribution is 0.122. The standard InChI is InChI=1S/C20H25ClN6O2/c1-15-2-3-17(16(21)14-15)23-20(28)27-8-6-25(7-9-27)18-4-5-22-19(24-18)26-10-12-29-13-11-26/h2-5,14H,6-13H2,1H3,(H,23,28). The highest BCUT2D eigenvalue weighted by Crippen LogP contribution is 2.23. The van der Waals surface area contributed by atoms with Crippen LogP contribution in [0.25, 0.3) is 0 Å². The van der Waals surface area contributed by atoms with Gasteiger partial charge in [0.25, 0.3) is 0 Å². The molecule has 0 bridgehead atoms. The zero-order chi connectivity index (χ0) is 20.2. The summed E-state index contributed by atoms with van der Waals surface area (Å²) in [5.41, 5.74) is 1.69. The van der Waals surface area contributed by atoms with Crippen molar-refractivity contribution in [1.29, 1.82) is 0 Å². The second-order valence-corrected chi connectivity index (χ2v) is 7.61. The van der Waals surface area contributed by atoms with Crippen molar-refractivity contribution in [2.45, 2.75) is 6.92 Å². The number of urea groups is 1. The first-order valence-electron chi connectivity index (χ1n) is 9.83. The quantitative estimate of drug-likeness (QED) is 0.829. The van der Waals surface area contributed by atoms with Crippen LogP contribution < -0.4 is 15.1 Å². The van der Waals surface area contributed by atoms with Crippen LogP contribution in [0.3, 0.4) is 0 Å². The number of carbonyl (C=O) groups excluding carboxylic acids is 1. The largest absolute Gasteiger partial charge is 0.378 e. The summed E-state index contributed by atoms with van der Waals surface area (Å²) in [4.78, 5) is 27.9. The number of hydrogen-bond acceptors (Lipinski definition) is 6. The summed E-state index contributed by atoms with van der Waals surface area (Å²) in [6.45, 7) is 7.65. The average molecular weight is 417 g/mol. The minimum Gasteiger partial charge on any atom is -0.378 e. The zero-order valence-corrected chi connectivity index (χ0v) is 17.2. The summed E-state index contributed by atoms with van der Waals surface area (Å²) in [5, 5.41) is 3.46. The van der Waals surface area contributed by atoms with E-state index in [1.165, 1.54) is 0 Å². The van der Waals surface area contributed by atoms with Gasteiger partial charge in [0.05, 0.1) is 23.9 Å². The Hall–Kier alpha value is -2.58. The molecule has 8 nitrogen and oxygen atoms in total. The highest BCUT2D eigenvalue weighted by atomic mass is 35.5. The van der Waals surface area contributed by atoms with Crippen LogP contribution >= 0.6 is 11.6 Å². The molecule has 2 aromatic rings. The molecule has 0 atom stereocenters. The Labute approximate surface area is 175 Å². The number of benzene rings is 1. The van der Waals surface area contributed by atoms with Crippen LogP contribution in [0.2, 0.25) is 5.02 Å². The van der Waals surface area contributed by atoms with Crippen LogP contribution in [0.5, 0.6) is 0 Å². The van der Waals surface area contributed by atoms with E-state index in [1.807, 2.05) is 31.2 Å². The van der Waals surface area contributed by atoms with Crippen molar-refractivity contribution in [3.8, 4) is 0 Å². The van der Waals surface area contributed by atoms with Crippen LogP contribution in [-0.2, 0) is 4.74 Å². The van der Waals surface area contributed by atoms with Crippen molar-refractivity contribution in [2.75, 3.05) is 67.6 Å². The predicted molar refractivity (Wildman–Crippen MR) is 114 cm³/mol. The van der Waals surface area contributed by atoms with Gasteiger partial charge in [-0.15, -0.1) is 0 Å². The first kappa shape index (κ1) is 19.7. The summed E-state index contributed by atoms with van der Waals surface area (Å²) < 4.78 is 5.40. The van der Waals surface area contributed by atoms with E-state index in [-0.39, 0.29) is 6.03 Å². The number of anilines is 3. The van der Waals surface area contributed by atoms with Gasteiger partial charge in [0, 0.05) is 45.5 Å². The van der Waals surface area contributed by atoms with Gasteiger partial charge in [-0.05, 0) is 30.7 Å². The molecule has 4 rings (SSSR count). The molecule has 2 aliphatic rings. The molecule has 2 fully saturated rings. The lowest BCUT2D eigenvalue weighted by atomic mass is 10.2. The second kappa shape index (κ2) is 8.84. The molecule has 2 amide bonds. The number of halogens is 1. The number of piperazine rings is 1. The average Bonchev–Trinajstić information content (AvgIpc) is 2.76. The lowest BCUT2D eigenvalue weighted by Crippen LogP contribution is -2.50. The maximum Gasteiger partial charge on any atom is 0.322 e. The number of amides is 2. The molecule has 29 heavy (non-hydrogen) atoms. The Kier molecular flexibility index (Phi) is 6.01. The number of carbonyl (C=O) groups is 1. The Morgan fingerprint density at radius 3 is 2.55 bits per heavy atom. The fraction of sp³-hybridized carbons (Fsp3) is 0.450. The third-order valence-electron chi connectivity index (χ3n) is 5.18. The molecule has 9 heteroatoms. The van der Waals surface area contributed by atoms with Crippen molar-refractivity contribution >= 4 is 35.1 Å². The van der Waals surface area contributed by atoms with E-state index < -0.39 is 0 Å². The van der Waals surface area contributed by atoms with Gasteiger partial charge in [-0.25, -0.2) is 9.78 Å². The number of rotatable bonds is 3. The number of nitrogens with zero attached hydrogens (tertiary/aromatic N) is 5. The summed E-state index contributed by atoms with van der Waals surface area (Å²) in [6.07, 6.45) is 1.80. The normalized spacial score (nSPS) is 17.4. The second-order valence-electron chi connectivity index (χ2n) is 7.20. The molecule has 1 aromatic carbocycles. The Morgan fingerprint density at radius 1 is 1.07 bits per heavy atom. The summed E-state index contributed by atoms with van der Waals surface area (Å²) in [6, 6.07) is 7.40. The first-order valence-corrected chi connectivity index (χ1v) is 10.2. The lowest BCUT2D eigenvalue weighted by Gasteiger charge is -2.36. The van der Waals surface area contributed by atoms with Gasteiger partial charge in [0.15, 0.2) is 0 Å². The van der Waals surface area contributed by atoms with Gasteiger partial charge in [0.1, 0.15) is 5.82 Å². The van der Waals surface area contributed by atoms with E-state index in [4.69, 9.17) is 21.3 Å². The van der Waals surface area contributed by atoms with Gasteiger partial charge in [-0.3, -0.25) is 0 Å². The van der Waals surface area contributed by atoms with Crippen molar-refractivity contribution in [2.24, 2.45) is 0 Å². The fourth-order valence-corrected chi connectivity index (χ4v) is 3.77. The molecule has 154 valence electrons. The zero-order valence-electron chi connectivity index (χ0n) is 16.5. The number of aryl methyl sites for hydroxylation is 1. The van der Waals surface area contributed by atoms with Crippen LogP contribution in [-0.4, -0.2) is 73.4 Å². The van der Waals surface area contributed by atoms with Gasteiger partial charge in [-0.1, -0.05) is 17.7 Å². The van der Waals surface area contributed by atoms with Crippen LogP contribution in [0.15, 0.2) is 30.5 Å². The van der Waals surface area contributed by atoms with Crippen molar-refractivity contribution in [3.05, 3.63) is 41.0 Å². The predicted octanol–water partition coefficient (Wildman–Crippen LogP) is 2.63. The van der Waals surface area contributed by atoms with Gasteiger partial charge < -0.3 is 24.8 Å². The number of morpholine rings is 1. The first-order chi connectivity index (χ1) is 14.1. The molecule has 1 N–H and O–H groups in total. The van der Waals surface area contributed by atoms with E-state index in [2.05, 4.69) is 20.1 Å². The Balaban J connectivity index is 1.35. The molecule has 0 radical (unpaired) electrons. The smallest absolute Gasteiger partial charge is 0.322 e. The third kappa shape index (κ3) is 4.71. The Bertz CT molecular complexity index is 866. The minimum absolute atomic E-state index is 0.132. The number of nitrogens with one attached hydrogen (secondary N) is 1. The molecule has 3 heterocycles. The summed E-state index contributed by atoms with van der Waals surface area (Å²) in [5.74, 6) is 1.63. The van der Waals surface area contributed by atoms with Crippen molar-refractivity contribution in [1.82, 2.24) is 14.9 Å². The molecule has 0 saturated carbocycles.